The van der Waals surface area contributed by atoms with Gasteiger partial charge in [-0.05, 0) is 36.8 Å². The number of benzene rings is 1. The summed E-state index contributed by atoms with van der Waals surface area (Å²) in [6.45, 7) is 3.21. The van der Waals surface area contributed by atoms with Gasteiger partial charge in [-0.1, -0.05) is 31.2 Å². The van der Waals surface area contributed by atoms with E-state index in [0.717, 1.165) is 19.4 Å². The number of carboxylic acids is 1. The molecule has 1 aromatic rings. The zero-order valence-electron chi connectivity index (χ0n) is 13.0. The van der Waals surface area contributed by atoms with E-state index < -0.39 is 5.97 Å². The number of rotatable bonds is 3. The summed E-state index contributed by atoms with van der Waals surface area (Å²) in [5, 5.41) is 9.19. The summed E-state index contributed by atoms with van der Waals surface area (Å²) in [6.07, 6.45) is 4.36. The topological polar surface area (TPSA) is 49.8 Å². The number of hydrogen-bond donors (Lipinski definition) is 1. The van der Waals surface area contributed by atoms with Gasteiger partial charge in [0.2, 0.25) is 0 Å². The van der Waals surface area contributed by atoms with Crippen LogP contribution in [0.3, 0.4) is 0 Å². The first kappa shape index (κ1) is 14.2. The Hall–Kier alpha value is -1.39. The first-order valence-corrected chi connectivity index (χ1v) is 8.30. The van der Waals surface area contributed by atoms with Crippen LogP contribution >= 0.6 is 0 Å². The van der Waals surface area contributed by atoms with Gasteiger partial charge in [-0.2, -0.15) is 0 Å². The molecule has 2 fully saturated rings. The van der Waals surface area contributed by atoms with Gasteiger partial charge in [0.25, 0.3) is 0 Å². The van der Waals surface area contributed by atoms with Gasteiger partial charge in [-0.25, -0.2) is 0 Å². The van der Waals surface area contributed by atoms with Crippen LogP contribution in [0, 0.1) is 5.92 Å². The van der Waals surface area contributed by atoms with E-state index in [9.17, 15) is 9.90 Å². The van der Waals surface area contributed by atoms with Crippen LogP contribution in [-0.2, 0) is 21.7 Å². The highest BCUT2D eigenvalue weighted by molar-refractivity contribution is 5.69. The maximum absolute atomic E-state index is 11.2. The molecule has 4 heteroatoms. The van der Waals surface area contributed by atoms with Crippen LogP contribution in [0.1, 0.15) is 43.7 Å². The Bertz CT molecular complexity index is 586. The van der Waals surface area contributed by atoms with E-state index in [1.54, 1.807) is 0 Å². The zero-order valence-corrected chi connectivity index (χ0v) is 13.0. The molecule has 1 spiro atoms. The second-order valence-electron chi connectivity index (χ2n) is 7.17. The SMILES string of the molecule is CC(CN1C2CCC1CC1(C2)OCc2ccccc21)C(=O)O. The lowest BCUT2D eigenvalue weighted by Crippen LogP contribution is -2.51. The predicted molar refractivity (Wildman–Crippen MR) is 82.5 cm³/mol. The molecule has 0 aliphatic carbocycles. The summed E-state index contributed by atoms with van der Waals surface area (Å²) in [7, 11) is 0. The Morgan fingerprint density at radius 1 is 1.36 bits per heavy atom. The molecule has 0 amide bonds. The number of carbonyl (C=O) groups is 1. The molecule has 3 aliphatic rings. The average molecular weight is 301 g/mol. The average Bonchev–Trinajstić information content (AvgIpc) is 2.96. The normalized spacial score (nSPS) is 34.8. The fourth-order valence-electron chi connectivity index (χ4n) is 4.71. The van der Waals surface area contributed by atoms with Crippen molar-refractivity contribution >= 4 is 5.97 Å². The lowest BCUT2D eigenvalue weighted by Gasteiger charge is -2.45. The van der Waals surface area contributed by atoms with E-state index in [1.807, 2.05) is 6.92 Å². The van der Waals surface area contributed by atoms with Crippen LogP contribution < -0.4 is 0 Å². The van der Waals surface area contributed by atoms with E-state index in [0.29, 0.717) is 18.6 Å². The molecular weight excluding hydrogens is 278 g/mol. The van der Waals surface area contributed by atoms with Gasteiger partial charge < -0.3 is 9.84 Å². The van der Waals surface area contributed by atoms with E-state index in [2.05, 4.69) is 29.2 Å². The van der Waals surface area contributed by atoms with E-state index in [1.165, 1.54) is 24.0 Å². The molecule has 0 aromatic heterocycles. The van der Waals surface area contributed by atoms with Gasteiger partial charge in [0.1, 0.15) is 0 Å². The Morgan fingerprint density at radius 2 is 2.05 bits per heavy atom. The molecule has 118 valence electrons. The minimum Gasteiger partial charge on any atom is -0.481 e. The lowest BCUT2D eigenvalue weighted by molar-refractivity contribution is -0.143. The molecule has 4 rings (SSSR count). The van der Waals surface area contributed by atoms with Crippen molar-refractivity contribution in [1.29, 1.82) is 0 Å². The molecule has 1 aromatic carbocycles. The van der Waals surface area contributed by atoms with Crippen molar-refractivity contribution in [1.82, 2.24) is 4.90 Å². The van der Waals surface area contributed by atoms with E-state index >= 15 is 0 Å². The lowest BCUT2D eigenvalue weighted by atomic mass is 9.80. The molecule has 4 nitrogen and oxygen atoms in total. The van der Waals surface area contributed by atoms with Crippen molar-refractivity contribution in [2.75, 3.05) is 6.54 Å². The third-order valence-corrected chi connectivity index (χ3v) is 5.82. The summed E-state index contributed by atoms with van der Waals surface area (Å²) in [5.74, 6) is -0.990. The predicted octanol–water partition coefficient (Wildman–Crippen LogP) is 2.76. The smallest absolute Gasteiger partial charge is 0.307 e. The molecule has 0 radical (unpaired) electrons. The van der Waals surface area contributed by atoms with Crippen molar-refractivity contribution < 1.29 is 14.6 Å². The fourth-order valence-corrected chi connectivity index (χ4v) is 4.71. The van der Waals surface area contributed by atoms with Crippen LogP contribution in [-0.4, -0.2) is 34.6 Å². The zero-order chi connectivity index (χ0) is 15.3. The number of fused-ring (bicyclic) bond motifs is 4. The highest BCUT2D eigenvalue weighted by Crippen LogP contribution is 2.51. The molecule has 3 heterocycles. The minimum absolute atomic E-state index is 0.120. The van der Waals surface area contributed by atoms with Crippen LogP contribution in [0.5, 0.6) is 0 Å². The summed E-state index contributed by atoms with van der Waals surface area (Å²) in [6, 6.07) is 9.51. The van der Waals surface area contributed by atoms with Gasteiger partial charge >= 0.3 is 5.97 Å². The molecular formula is C18H23NO3. The second-order valence-corrected chi connectivity index (χ2v) is 7.17. The number of ether oxygens (including phenoxy) is 1. The number of carboxylic acid groups (broad SMARTS) is 1. The number of piperidine rings is 1. The number of aliphatic carboxylic acids is 1. The molecule has 22 heavy (non-hydrogen) atoms. The minimum atomic E-state index is -0.692. The Morgan fingerprint density at radius 3 is 2.73 bits per heavy atom. The van der Waals surface area contributed by atoms with Crippen molar-refractivity contribution in [3.63, 3.8) is 0 Å². The number of hydrogen-bond acceptors (Lipinski definition) is 3. The molecule has 2 saturated heterocycles. The monoisotopic (exact) mass is 301 g/mol. The van der Waals surface area contributed by atoms with Crippen LogP contribution in [0.15, 0.2) is 24.3 Å². The highest BCUT2D eigenvalue weighted by atomic mass is 16.5. The van der Waals surface area contributed by atoms with Crippen molar-refractivity contribution in [3.8, 4) is 0 Å². The standard InChI is InChI=1S/C18H23NO3/c1-12(17(20)21)10-19-14-6-7-15(19)9-18(8-14)16-5-3-2-4-13(16)11-22-18/h2-5,12,14-15H,6-11H2,1H3,(H,20,21). The Labute approximate surface area is 131 Å². The Kier molecular flexibility index (Phi) is 3.27. The largest absolute Gasteiger partial charge is 0.481 e. The molecule has 1 N–H and O–H groups in total. The van der Waals surface area contributed by atoms with Gasteiger partial charge in [-0.3, -0.25) is 9.69 Å². The number of nitrogens with zero attached hydrogens (tertiary/aromatic N) is 1. The molecule has 3 unspecified atom stereocenters. The van der Waals surface area contributed by atoms with Crippen molar-refractivity contribution in [3.05, 3.63) is 35.4 Å². The molecule has 0 saturated carbocycles. The van der Waals surface area contributed by atoms with Gasteiger partial charge in [0.15, 0.2) is 0 Å². The first-order chi connectivity index (χ1) is 10.6. The molecule has 3 atom stereocenters. The van der Waals surface area contributed by atoms with Crippen LogP contribution in [0.4, 0.5) is 0 Å². The van der Waals surface area contributed by atoms with Crippen molar-refractivity contribution in [2.24, 2.45) is 5.92 Å². The fraction of sp³-hybridized carbons (Fsp3) is 0.611. The van der Waals surface area contributed by atoms with Gasteiger partial charge in [-0.15, -0.1) is 0 Å². The maximum Gasteiger partial charge on any atom is 0.307 e. The highest BCUT2D eigenvalue weighted by Gasteiger charge is 2.52. The van der Waals surface area contributed by atoms with Crippen LogP contribution in [0.25, 0.3) is 0 Å². The Balaban J connectivity index is 1.57. The van der Waals surface area contributed by atoms with E-state index in [4.69, 9.17) is 4.74 Å². The van der Waals surface area contributed by atoms with Crippen LogP contribution in [0.2, 0.25) is 0 Å². The second kappa shape index (κ2) is 5.07. The van der Waals surface area contributed by atoms with Gasteiger partial charge in [0.05, 0.1) is 18.1 Å². The summed E-state index contributed by atoms with van der Waals surface area (Å²) < 4.78 is 6.29. The van der Waals surface area contributed by atoms with Crippen molar-refractivity contribution in [2.45, 2.75) is 56.9 Å². The third kappa shape index (κ3) is 2.09. The summed E-state index contributed by atoms with van der Waals surface area (Å²) >= 11 is 0. The van der Waals surface area contributed by atoms with Gasteiger partial charge in [0, 0.05) is 18.6 Å². The quantitative estimate of drug-likeness (QED) is 0.932. The maximum atomic E-state index is 11.2. The molecule has 3 aliphatic heterocycles. The summed E-state index contributed by atoms with van der Waals surface area (Å²) in [4.78, 5) is 13.6. The van der Waals surface area contributed by atoms with E-state index in [-0.39, 0.29) is 11.5 Å². The summed E-state index contributed by atoms with van der Waals surface area (Å²) in [5.41, 5.74) is 2.58. The third-order valence-electron chi connectivity index (χ3n) is 5.82. The first-order valence-electron chi connectivity index (χ1n) is 8.30. The molecule has 2 bridgehead atoms.